The molecule has 0 aromatic heterocycles. The average molecular weight is 237 g/mol. The third-order valence-electron chi connectivity index (χ3n) is 3.69. The Hall–Kier alpha value is -1.13. The summed E-state index contributed by atoms with van der Waals surface area (Å²) in [5.74, 6) is 0.517. The predicted octanol–water partition coefficient (Wildman–Crippen LogP) is 2.03. The summed E-state index contributed by atoms with van der Waals surface area (Å²) >= 11 is 0. The monoisotopic (exact) mass is 237 g/mol. The Morgan fingerprint density at radius 1 is 1.53 bits per heavy atom. The summed E-state index contributed by atoms with van der Waals surface area (Å²) in [6.07, 6.45) is 1.69. The Balaban J connectivity index is 2.00. The van der Waals surface area contributed by atoms with Crippen molar-refractivity contribution in [1.82, 2.24) is 5.32 Å². The maximum absolute atomic E-state index is 13.2. The zero-order valence-corrected chi connectivity index (χ0v) is 9.83. The van der Waals surface area contributed by atoms with Gasteiger partial charge in [-0.25, -0.2) is 4.39 Å². The number of nitrogens with one attached hydrogen (secondary N) is 1. The van der Waals surface area contributed by atoms with E-state index < -0.39 is 0 Å². The number of hydrogen-bond donors (Lipinski definition) is 1. The number of fused-ring (bicyclic) bond motifs is 1. The van der Waals surface area contributed by atoms with Gasteiger partial charge in [-0.1, -0.05) is 0 Å². The van der Waals surface area contributed by atoms with Crippen molar-refractivity contribution in [3.05, 3.63) is 29.6 Å². The Labute approximate surface area is 99.9 Å². The summed E-state index contributed by atoms with van der Waals surface area (Å²) in [4.78, 5) is 0. The molecule has 1 saturated heterocycles. The fourth-order valence-corrected chi connectivity index (χ4v) is 2.78. The maximum atomic E-state index is 13.2. The van der Waals surface area contributed by atoms with Gasteiger partial charge in [0.25, 0.3) is 0 Å². The molecule has 1 spiro atoms. The molecule has 1 aromatic rings. The standard InChI is InChI=1S/C13H16FNO2/c1-16-12-7-13(4-5-15-8-13)17-11-3-2-9(14)6-10(11)12/h2-3,6,12,15H,4-5,7-8H2,1H3. The summed E-state index contributed by atoms with van der Waals surface area (Å²) < 4.78 is 24.8. The van der Waals surface area contributed by atoms with E-state index in [2.05, 4.69) is 5.32 Å². The molecular formula is C13H16FNO2. The van der Waals surface area contributed by atoms with Crippen LogP contribution < -0.4 is 10.1 Å². The molecule has 2 atom stereocenters. The highest BCUT2D eigenvalue weighted by Gasteiger charge is 2.43. The third-order valence-corrected chi connectivity index (χ3v) is 3.69. The van der Waals surface area contributed by atoms with Crippen LogP contribution in [0.1, 0.15) is 24.5 Å². The molecule has 2 aliphatic rings. The lowest BCUT2D eigenvalue weighted by Gasteiger charge is -2.38. The number of ether oxygens (including phenoxy) is 2. The number of halogens is 1. The van der Waals surface area contributed by atoms with Gasteiger partial charge in [0.1, 0.15) is 17.2 Å². The molecule has 0 amide bonds. The molecule has 17 heavy (non-hydrogen) atoms. The summed E-state index contributed by atoms with van der Waals surface area (Å²) in [5.41, 5.74) is 0.649. The minimum Gasteiger partial charge on any atom is -0.485 e. The van der Waals surface area contributed by atoms with Crippen LogP contribution in [0.5, 0.6) is 5.75 Å². The van der Waals surface area contributed by atoms with Crippen LogP contribution in [-0.4, -0.2) is 25.8 Å². The first-order valence-corrected chi connectivity index (χ1v) is 5.94. The summed E-state index contributed by atoms with van der Waals surface area (Å²) in [7, 11) is 1.67. The van der Waals surface area contributed by atoms with Crippen LogP contribution in [0.25, 0.3) is 0 Å². The van der Waals surface area contributed by atoms with E-state index >= 15 is 0 Å². The number of hydrogen-bond acceptors (Lipinski definition) is 3. The molecule has 3 nitrogen and oxygen atoms in total. The minimum atomic E-state index is -0.241. The predicted molar refractivity (Wildman–Crippen MR) is 61.6 cm³/mol. The van der Waals surface area contributed by atoms with Gasteiger partial charge in [-0.2, -0.15) is 0 Å². The summed E-state index contributed by atoms with van der Waals surface area (Å²) in [6, 6.07) is 4.65. The molecule has 1 fully saturated rings. The van der Waals surface area contributed by atoms with Crippen molar-refractivity contribution in [2.75, 3.05) is 20.2 Å². The van der Waals surface area contributed by atoms with E-state index in [0.29, 0.717) is 0 Å². The van der Waals surface area contributed by atoms with Crippen LogP contribution in [0, 0.1) is 5.82 Å². The number of methoxy groups -OCH3 is 1. The molecule has 1 aromatic carbocycles. The van der Waals surface area contributed by atoms with Crippen LogP contribution in [0.2, 0.25) is 0 Å². The molecule has 0 bridgehead atoms. The summed E-state index contributed by atoms with van der Waals surface area (Å²) in [5, 5.41) is 3.31. The second kappa shape index (κ2) is 3.96. The molecular weight excluding hydrogens is 221 g/mol. The quantitative estimate of drug-likeness (QED) is 0.810. The van der Waals surface area contributed by atoms with Gasteiger partial charge in [0.05, 0.1) is 6.10 Å². The van der Waals surface area contributed by atoms with E-state index in [9.17, 15) is 4.39 Å². The molecule has 1 N–H and O–H groups in total. The fourth-order valence-electron chi connectivity index (χ4n) is 2.78. The van der Waals surface area contributed by atoms with Gasteiger partial charge in [0.2, 0.25) is 0 Å². The van der Waals surface area contributed by atoms with Crippen LogP contribution in [0.15, 0.2) is 18.2 Å². The highest BCUT2D eigenvalue weighted by molar-refractivity contribution is 5.39. The molecule has 2 aliphatic heterocycles. The van der Waals surface area contributed by atoms with Gasteiger partial charge in [0.15, 0.2) is 0 Å². The van der Waals surface area contributed by atoms with Gasteiger partial charge in [0, 0.05) is 32.1 Å². The first kappa shape index (κ1) is 11.0. The van der Waals surface area contributed by atoms with E-state index in [1.54, 1.807) is 13.2 Å². The van der Waals surface area contributed by atoms with Gasteiger partial charge in [-0.05, 0) is 24.7 Å². The Morgan fingerprint density at radius 3 is 3.12 bits per heavy atom. The highest BCUT2D eigenvalue weighted by atomic mass is 19.1. The second-order valence-corrected chi connectivity index (χ2v) is 4.82. The van der Waals surface area contributed by atoms with Gasteiger partial charge >= 0.3 is 0 Å². The number of benzene rings is 1. The topological polar surface area (TPSA) is 30.5 Å². The third kappa shape index (κ3) is 1.81. The zero-order valence-electron chi connectivity index (χ0n) is 9.83. The van der Waals surface area contributed by atoms with E-state index in [1.165, 1.54) is 12.1 Å². The lowest BCUT2D eigenvalue weighted by molar-refractivity contribution is -0.0205. The normalized spacial score (nSPS) is 31.3. The molecule has 2 unspecified atom stereocenters. The zero-order chi connectivity index (χ0) is 11.9. The van der Waals surface area contributed by atoms with Crippen molar-refractivity contribution >= 4 is 0 Å². The van der Waals surface area contributed by atoms with E-state index in [0.717, 1.165) is 37.2 Å². The number of rotatable bonds is 1. The Bertz CT molecular complexity index is 429. The van der Waals surface area contributed by atoms with E-state index in [1.807, 2.05) is 0 Å². The molecule has 2 heterocycles. The van der Waals surface area contributed by atoms with Crippen molar-refractivity contribution in [3.8, 4) is 5.75 Å². The van der Waals surface area contributed by atoms with Crippen LogP contribution >= 0.6 is 0 Å². The molecule has 92 valence electrons. The minimum absolute atomic E-state index is 0.0747. The van der Waals surface area contributed by atoms with Crippen LogP contribution in [0.4, 0.5) is 4.39 Å². The van der Waals surface area contributed by atoms with E-state index in [4.69, 9.17) is 9.47 Å². The second-order valence-electron chi connectivity index (χ2n) is 4.82. The van der Waals surface area contributed by atoms with E-state index in [-0.39, 0.29) is 17.5 Å². The molecule has 0 saturated carbocycles. The van der Waals surface area contributed by atoms with Crippen LogP contribution in [0.3, 0.4) is 0 Å². The van der Waals surface area contributed by atoms with Crippen molar-refractivity contribution in [2.24, 2.45) is 0 Å². The lowest BCUT2D eigenvalue weighted by Crippen LogP contribution is -2.43. The Morgan fingerprint density at radius 2 is 2.41 bits per heavy atom. The molecule has 4 heteroatoms. The Kier molecular flexibility index (Phi) is 2.56. The van der Waals surface area contributed by atoms with Crippen molar-refractivity contribution in [2.45, 2.75) is 24.5 Å². The SMILES string of the molecule is COC1CC2(CCNC2)Oc2ccc(F)cc21. The average Bonchev–Trinajstić information content (AvgIpc) is 2.77. The molecule has 0 radical (unpaired) electrons. The van der Waals surface area contributed by atoms with Crippen molar-refractivity contribution in [1.29, 1.82) is 0 Å². The molecule has 0 aliphatic carbocycles. The first-order chi connectivity index (χ1) is 8.22. The largest absolute Gasteiger partial charge is 0.485 e. The van der Waals surface area contributed by atoms with Crippen molar-refractivity contribution < 1.29 is 13.9 Å². The maximum Gasteiger partial charge on any atom is 0.126 e. The molecule has 3 rings (SSSR count). The first-order valence-electron chi connectivity index (χ1n) is 5.94. The van der Waals surface area contributed by atoms with Crippen molar-refractivity contribution in [3.63, 3.8) is 0 Å². The van der Waals surface area contributed by atoms with Crippen LogP contribution in [-0.2, 0) is 4.74 Å². The lowest BCUT2D eigenvalue weighted by atomic mass is 9.88. The van der Waals surface area contributed by atoms with Gasteiger partial charge in [-0.3, -0.25) is 0 Å². The highest BCUT2D eigenvalue weighted by Crippen LogP contribution is 2.43. The van der Waals surface area contributed by atoms with Gasteiger partial charge in [-0.15, -0.1) is 0 Å². The van der Waals surface area contributed by atoms with Gasteiger partial charge < -0.3 is 14.8 Å². The fraction of sp³-hybridized carbons (Fsp3) is 0.538. The summed E-state index contributed by atoms with van der Waals surface area (Å²) in [6.45, 7) is 1.80. The smallest absolute Gasteiger partial charge is 0.126 e.